The molecule has 2 aliphatic heterocycles. The maximum absolute atomic E-state index is 13.0. The van der Waals surface area contributed by atoms with Gasteiger partial charge in [-0.3, -0.25) is 14.5 Å². The van der Waals surface area contributed by atoms with Gasteiger partial charge in [-0.1, -0.05) is 23.9 Å². The summed E-state index contributed by atoms with van der Waals surface area (Å²) in [4.78, 5) is 50.2. The van der Waals surface area contributed by atoms with Crippen LogP contribution in [0, 0.1) is 0 Å². The Hall–Kier alpha value is -3.72. The van der Waals surface area contributed by atoms with E-state index in [1.54, 1.807) is 18.2 Å². The molecule has 1 saturated heterocycles. The number of carboxylic acids is 1. The zero-order chi connectivity index (χ0) is 29.2. The van der Waals surface area contributed by atoms with Gasteiger partial charge in [-0.25, -0.2) is 27.8 Å². The van der Waals surface area contributed by atoms with Gasteiger partial charge in [0.2, 0.25) is 21.1 Å². The normalized spacial score (nSPS) is 19.4. The predicted octanol–water partition coefficient (Wildman–Crippen LogP) is -2.02. The van der Waals surface area contributed by atoms with Crippen molar-refractivity contribution in [2.75, 3.05) is 22.6 Å². The molecule has 0 saturated carbocycles. The van der Waals surface area contributed by atoms with Gasteiger partial charge in [-0.15, -0.1) is 16.9 Å². The first-order valence-corrected chi connectivity index (χ1v) is 15.1. The quantitative estimate of drug-likeness (QED) is 0.118. The van der Waals surface area contributed by atoms with Crippen molar-refractivity contribution in [1.29, 1.82) is 0 Å². The summed E-state index contributed by atoms with van der Waals surface area (Å²) in [5, 5.41) is 30.5. The highest BCUT2D eigenvalue weighted by molar-refractivity contribution is 8.01. The van der Waals surface area contributed by atoms with Crippen LogP contribution in [0.1, 0.15) is 11.6 Å². The van der Waals surface area contributed by atoms with Gasteiger partial charge in [-0.05, 0) is 33.7 Å². The summed E-state index contributed by atoms with van der Waals surface area (Å²) >= 11 is 2.34. The molecule has 0 aliphatic carbocycles. The summed E-state index contributed by atoms with van der Waals surface area (Å²) in [5.41, 5.74) is 12.1. The fourth-order valence-electron chi connectivity index (χ4n) is 3.95. The van der Waals surface area contributed by atoms with Crippen molar-refractivity contribution in [2.45, 2.75) is 29.2 Å². The van der Waals surface area contributed by atoms with Crippen molar-refractivity contribution in [2.24, 2.45) is 16.6 Å². The highest BCUT2D eigenvalue weighted by Crippen LogP contribution is 2.41. The number of carbonyl (C=O) groups is 4. The number of carboxylic acid groups (broad SMARTS) is 1. The number of urea groups is 1. The molecule has 1 fully saturated rings. The number of nitrogens with two attached hydrogens (primary N) is 3. The zero-order valence-corrected chi connectivity index (χ0v) is 22.9. The monoisotopic (exact) mass is 612 g/mol. The molecule has 4 amide bonds. The highest BCUT2D eigenvalue weighted by Gasteiger charge is 2.54. The average Bonchev–Trinajstić information content (AvgIpc) is 3.34. The number of anilines is 1. The second-order valence-corrected chi connectivity index (χ2v) is 12.4. The molecule has 0 bridgehead atoms. The molecule has 3 heterocycles. The molecule has 2 aromatic rings. The Morgan fingerprint density at radius 2 is 2.05 bits per heavy atom. The van der Waals surface area contributed by atoms with Crippen LogP contribution in [0.3, 0.4) is 0 Å². The van der Waals surface area contributed by atoms with Gasteiger partial charge in [0, 0.05) is 17.2 Å². The predicted molar refractivity (Wildman–Crippen MR) is 143 cm³/mol. The van der Waals surface area contributed by atoms with E-state index in [2.05, 4.69) is 26.2 Å². The first kappa shape index (κ1) is 29.3. The van der Waals surface area contributed by atoms with E-state index in [9.17, 15) is 32.7 Å². The minimum atomic E-state index is -3.74. The van der Waals surface area contributed by atoms with Crippen molar-refractivity contribution in [3.8, 4) is 0 Å². The zero-order valence-electron chi connectivity index (χ0n) is 20.5. The number of amides is 4. The van der Waals surface area contributed by atoms with Gasteiger partial charge >= 0.3 is 12.0 Å². The van der Waals surface area contributed by atoms with Crippen molar-refractivity contribution in [3.05, 3.63) is 41.1 Å². The summed E-state index contributed by atoms with van der Waals surface area (Å²) in [5.74, 6) is -2.63. The molecule has 17 nitrogen and oxygen atoms in total. The first-order valence-electron chi connectivity index (χ1n) is 11.4. The van der Waals surface area contributed by atoms with Crippen molar-refractivity contribution in [1.82, 2.24) is 30.4 Å². The van der Waals surface area contributed by atoms with E-state index in [1.807, 2.05) is 0 Å². The van der Waals surface area contributed by atoms with Crippen LogP contribution in [0.4, 0.5) is 10.5 Å². The maximum Gasteiger partial charge on any atom is 0.352 e. The number of rotatable bonds is 11. The number of primary sulfonamides is 1. The van der Waals surface area contributed by atoms with Gasteiger partial charge in [0.05, 0.1) is 12.3 Å². The van der Waals surface area contributed by atoms with E-state index in [0.717, 1.165) is 16.7 Å². The minimum absolute atomic E-state index is 0.0874. The van der Waals surface area contributed by atoms with Gasteiger partial charge in [0.15, 0.2) is 0 Å². The smallest absolute Gasteiger partial charge is 0.352 e. The second-order valence-electron chi connectivity index (χ2n) is 8.59. The van der Waals surface area contributed by atoms with Crippen LogP contribution in [0.5, 0.6) is 0 Å². The molecule has 2 aliphatic rings. The Bertz CT molecular complexity index is 1490. The molecule has 1 aromatic heterocycles. The number of fused-ring (bicyclic) bond motifs is 1. The Kier molecular flexibility index (Phi) is 8.63. The molecule has 0 radical (unpaired) electrons. The lowest BCUT2D eigenvalue weighted by Crippen LogP contribution is -2.71. The number of sulfonamides is 1. The number of nitrogens with zero attached hydrogens (tertiary/aromatic N) is 5. The lowest BCUT2D eigenvalue weighted by molar-refractivity contribution is -0.150. The molecular weight excluding hydrogens is 588 g/mol. The fraction of sp³-hybridized carbons (Fsp3) is 0.350. The van der Waals surface area contributed by atoms with Gasteiger partial charge < -0.3 is 27.2 Å². The summed E-state index contributed by atoms with van der Waals surface area (Å²) < 4.78 is 23.7. The second kappa shape index (κ2) is 11.8. The average molecular weight is 613 g/mol. The SMILES string of the molecule is NC(=O)Nc1cccc(C(N)C(=O)NC2C(=O)N3C(C(=O)O)=C(CSc4nnnn4CCS(N)(=O)=O)CS[C@H]23)c1. The lowest BCUT2D eigenvalue weighted by Gasteiger charge is -2.49. The number of tetrazole rings is 1. The number of aliphatic carboxylic acids is 1. The molecule has 2 unspecified atom stereocenters. The molecule has 4 rings (SSSR count). The van der Waals surface area contributed by atoms with Crippen LogP contribution in [0.15, 0.2) is 40.7 Å². The van der Waals surface area contributed by atoms with E-state index in [1.165, 1.54) is 22.5 Å². The number of thioether (sulfide) groups is 2. The van der Waals surface area contributed by atoms with Crippen LogP contribution >= 0.6 is 23.5 Å². The van der Waals surface area contributed by atoms with Crippen LogP contribution < -0.4 is 27.2 Å². The highest BCUT2D eigenvalue weighted by atomic mass is 32.2. The largest absolute Gasteiger partial charge is 0.477 e. The molecule has 20 heteroatoms. The van der Waals surface area contributed by atoms with E-state index in [0.29, 0.717) is 16.8 Å². The summed E-state index contributed by atoms with van der Waals surface area (Å²) in [6.45, 7) is -0.0874. The Labute approximate surface area is 235 Å². The summed E-state index contributed by atoms with van der Waals surface area (Å²) in [6, 6.07) is 3.22. The molecule has 3 atom stereocenters. The minimum Gasteiger partial charge on any atom is -0.477 e. The number of hydrogen-bond acceptors (Lipinski definition) is 12. The van der Waals surface area contributed by atoms with E-state index >= 15 is 0 Å². The van der Waals surface area contributed by atoms with Gasteiger partial charge in [0.1, 0.15) is 23.2 Å². The Balaban J connectivity index is 1.42. The topological polar surface area (TPSA) is 272 Å². The maximum atomic E-state index is 13.0. The number of β-lactam (4-membered cyclic amide) rings is 1. The number of benzene rings is 1. The van der Waals surface area contributed by atoms with E-state index < -0.39 is 51.3 Å². The molecule has 0 spiro atoms. The van der Waals surface area contributed by atoms with Crippen LogP contribution in [-0.4, -0.2) is 91.1 Å². The van der Waals surface area contributed by atoms with Crippen LogP contribution in [0.2, 0.25) is 0 Å². The first-order chi connectivity index (χ1) is 18.9. The third kappa shape index (κ3) is 6.53. The molecular formula is C20H24N10O7S3. The third-order valence-electron chi connectivity index (χ3n) is 5.81. The number of carbonyl (C=O) groups excluding carboxylic acids is 3. The number of primary amides is 1. The molecule has 40 heavy (non-hydrogen) atoms. The number of hydrogen-bond donors (Lipinski definition) is 6. The van der Waals surface area contributed by atoms with Gasteiger partial charge in [0.25, 0.3) is 5.91 Å². The lowest BCUT2D eigenvalue weighted by atomic mass is 10.0. The Morgan fingerprint density at radius 1 is 1.30 bits per heavy atom. The fourth-order valence-corrected chi connectivity index (χ4v) is 6.76. The number of aromatic nitrogens is 4. The summed E-state index contributed by atoms with van der Waals surface area (Å²) in [7, 11) is -3.74. The standard InChI is InChI=1S/C20H24N10O7S3/c21-12(9-2-1-3-11(6-9)24-19(22)35)15(31)25-13-16(32)30-14(18(33)34)10(7-38-17(13)30)8-39-20-26-27-28-29(20)4-5-40(23,36)37/h1-3,6,12-13,17H,4-5,7-8,21H2,(H,25,31)(H,33,34)(H3,22,24,35)(H2,23,36,37)/t12?,13?,17-/m1/s1. The molecule has 9 N–H and O–H groups in total. The van der Waals surface area contributed by atoms with E-state index in [-0.39, 0.29) is 34.7 Å². The Morgan fingerprint density at radius 3 is 2.73 bits per heavy atom. The number of aryl methyl sites for hydroxylation is 1. The van der Waals surface area contributed by atoms with Crippen molar-refractivity contribution < 1.29 is 32.7 Å². The molecule has 214 valence electrons. The summed E-state index contributed by atoms with van der Waals surface area (Å²) in [6.07, 6.45) is 0. The van der Waals surface area contributed by atoms with Crippen LogP contribution in [0.25, 0.3) is 0 Å². The third-order valence-corrected chi connectivity index (χ3v) is 8.94. The van der Waals surface area contributed by atoms with Crippen molar-refractivity contribution in [3.63, 3.8) is 0 Å². The van der Waals surface area contributed by atoms with E-state index in [4.69, 9.17) is 16.6 Å². The van der Waals surface area contributed by atoms with Gasteiger partial charge in [-0.2, -0.15) is 0 Å². The number of nitrogens with one attached hydrogen (secondary N) is 2. The van der Waals surface area contributed by atoms with Crippen LogP contribution in [-0.2, 0) is 31.0 Å². The van der Waals surface area contributed by atoms with Crippen molar-refractivity contribution >= 4 is 63.0 Å². The molecule has 1 aromatic carbocycles.